The molecule has 0 unspecified atom stereocenters. The average molecular weight is 589 g/mol. The molecule has 1 aliphatic heterocycles. The van der Waals surface area contributed by atoms with Crippen LogP contribution >= 0.6 is 11.9 Å². The molecule has 0 aliphatic carbocycles. The van der Waals surface area contributed by atoms with E-state index in [2.05, 4.69) is 72.0 Å². The molecule has 1 fully saturated rings. The van der Waals surface area contributed by atoms with Crippen LogP contribution in [0.5, 0.6) is 0 Å². The van der Waals surface area contributed by atoms with Crippen molar-refractivity contribution in [3.8, 4) is 6.07 Å². The van der Waals surface area contributed by atoms with Crippen LogP contribution in [0.1, 0.15) is 44.1 Å². The van der Waals surface area contributed by atoms with E-state index >= 15 is 0 Å². The Balaban J connectivity index is 0.000000299. The van der Waals surface area contributed by atoms with Crippen LogP contribution in [0, 0.1) is 18.3 Å². The van der Waals surface area contributed by atoms with E-state index in [1.807, 2.05) is 33.9 Å². The summed E-state index contributed by atoms with van der Waals surface area (Å²) in [6.07, 6.45) is 2.63. The molecular weight excluding hydrogens is 548 g/mol. The lowest BCUT2D eigenvalue weighted by Gasteiger charge is -2.33. The molecule has 3 aromatic rings. The third kappa shape index (κ3) is 10.5. The van der Waals surface area contributed by atoms with Crippen molar-refractivity contribution < 1.29 is 9.59 Å². The lowest BCUT2D eigenvalue weighted by molar-refractivity contribution is -0.116. The number of nitrogens with zero attached hydrogens (tertiary/aromatic N) is 5. The number of piperazine rings is 1. The topological polar surface area (TPSA) is 126 Å². The van der Waals surface area contributed by atoms with Crippen LogP contribution in [0.25, 0.3) is 6.08 Å². The van der Waals surface area contributed by atoms with Crippen LogP contribution < -0.4 is 20.9 Å². The van der Waals surface area contributed by atoms with E-state index in [9.17, 15) is 9.59 Å². The van der Waals surface area contributed by atoms with Crippen molar-refractivity contribution in [3.63, 3.8) is 0 Å². The summed E-state index contributed by atoms with van der Waals surface area (Å²) in [6, 6.07) is 17.5. The summed E-state index contributed by atoms with van der Waals surface area (Å²) < 4.78 is 2.35. The summed E-state index contributed by atoms with van der Waals surface area (Å²) in [4.78, 5) is 33.9. The minimum atomic E-state index is -0.0969. The average Bonchev–Trinajstić information content (AvgIpc) is 3.03. The second-order valence-corrected chi connectivity index (χ2v) is 9.93. The second-order valence-electron chi connectivity index (χ2n) is 8.76. The minimum absolute atomic E-state index is 0.0969. The summed E-state index contributed by atoms with van der Waals surface area (Å²) in [5.41, 5.74) is 4.41. The van der Waals surface area contributed by atoms with E-state index in [4.69, 9.17) is 5.26 Å². The largest absolute Gasteiger partial charge is 0.388 e. The van der Waals surface area contributed by atoms with Gasteiger partial charge in [0, 0.05) is 55.9 Å². The lowest BCUT2D eigenvalue weighted by atomic mass is 10.1. The highest BCUT2D eigenvalue weighted by Gasteiger charge is 2.20. The molecule has 4 rings (SSSR count). The van der Waals surface area contributed by atoms with Crippen molar-refractivity contribution in [3.05, 3.63) is 72.1 Å². The van der Waals surface area contributed by atoms with Crippen LogP contribution in [-0.4, -0.2) is 59.8 Å². The van der Waals surface area contributed by atoms with Crippen molar-refractivity contribution in [2.24, 2.45) is 0 Å². The van der Waals surface area contributed by atoms with Gasteiger partial charge in [0.15, 0.2) is 0 Å². The predicted octanol–water partition coefficient (Wildman–Crippen LogP) is 5.80. The van der Waals surface area contributed by atoms with Gasteiger partial charge < -0.3 is 20.9 Å². The highest BCUT2D eigenvalue weighted by Crippen LogP contribution is 2.26. The molecule has 0 spiro atoms. The van der Waals surface area contributed by atoms with Crippen molar-refractivity contribution in [2.45, 2.75) is 39.0 Å². The van der Waals surface area contributed by atoms with Crippen molar-refractivity contribution in [1.29, 1.82) is 5.26 Å². The van der Waals surface area contributed by atoms with E-state index in [1.54, 1.807) is 43.1 Å². The smallest absolute Gasteiger partial charge is 0.226 e. The zero-order valence-electron chi connectivity index (χ0n) is 25.0. The Labute approximate surface area is 253 Å². The summed E-state index contributed by atoms with van der Waals surface area (Å²) in [7, 11) is 1.92. The summed E-state index contributed by atoms with van der Waals surface area (Å²) in [5, 5.41) is 17.4. The van der Waals surface area contributed by atoms with Gasteiger partial charge in [0.25, 0.3) is 0 Å². The zero-order chi connectivity index (χ0) is 30.9. The number of hydrogen-bond acceptors (Lipinski definition) is 9. The maximum absolute atomic E-state index is 11.2. The van der Waals surface area contributed by atoms with E-state index in [-0.39, 0.29) is 5.91 Å². The number of hydrogen-bond donors (Lipinski definition) is 3. The molecule has 11 heteroatoms. The maximum atomic E-state index is 11.2. The molecule has 1 aliphatic rings. The molecule has 3 N–H and O–H groups in total. The number of anilines is 4. The van der Waals surface area contributed by atoms with Gasteiger partial charge >= 0.3 is 0 Å². The molecule has 2 heterocycles. The molecule has 0 saturated carbocycles. The fourth-order valence-electron chi connectivity index (χ4n) is 3.78. The number of rotatable bonds is 9. The lowest BCUT2D eigenvalue weighted by Crippen LogP contribution is -2.44. The highest BCUT2D eigenvalue weighted by molar-refractivity contribution is 7.97. The van der Waals surface area contributed by atoms with Gasteiger partial charge in [-0.25, -0.2) is 14.3 Å². The number of nitriles is 1. The van der Waals surface area contributed by atoms with E-state index < -0.39 is 0 Å². The molecule has 42 heavy (non-hydrogen) atoms. The Morgan fingerprint density at radius 2 is 1.76 bits per heavy atom. The standard InChI is InChI=1S/C17H20N6S.C12H14N2O2.C2H6/c1-13-11-15(12-18)21-17(20-13)22-7-9-23(10-8-22)24-16-5-3-14(19-2)4-6-16;1-3-9-5-6-10(14-12(16)4-2)11(7-9)13-8-15;1-2/h3-6,11,19H,7-10H2,1-2H3;3,5-8H,1,4H2,2H3,(H,13,15)(H,14,16);1-2H3. The highest BCUT2D eigenvalue weighted by atomic mass is 32.2. The SMILES string of the molecule is C=Cc1ccc(NC(=O)CC)c(NC=O)c1.CC.CNc1ccc(SN2CCN(c3nc(C)cc(C#N)n3)CC2)cc1. The molecule has 0 bridgehead atoms. The van der Waals surface area contributed by atoms with Crippen molar-refractivity contribution >= 4 is 53.4 Å². The minimum Gasteiger partial charge on any atom is -0.388 e. The van der Waals surface area contributed by atoms with Gasteiger partial charge in [-0.1, -0.05) is 39.5 Å². The summed E-state index contributed by atoms with van der Waals surface area (Å²) in [6.45, 7) is 14.9. The first-order valence-corrected chi connectivity index (χ1v) is 14.6. The number of nitrogens with one attached hydrogen (secondary N) is 3. The van der Waals surface area contributed by atoms with Crippen LogP contribution in [-0.2, 0) is 9.59 Å². The quantitative estimate of drug-likeness (QED) is 0.210. The Bertz CT molecular complexity index is 1350. The number of aromatic nitrogens is 2. The molecule has 222 valence electrons. The summed E-state index contributed by atoms with van der Waals surface area (Å²) >= 11 is 1.78. The maximum Gasteiger partial charge on any atom is 0.226 e. The van der Waals surface area contributed by atoms with Gasteiger partial charge in [0.05, 0.1) is 11.4 Å². The predicted molar refractivity (Wildman–Crippen MR) is 174 cm³/mol. The van der Waals surface area contributed by atoms with Crippen LogP contribution in [0.2, 0.25) is 0 Å². The third-order valence-corrected chi connectivity index (χ3v) is 7.05. The first-order valence-electron chi connectivity index (χ1n) is 13.9. The zero-order valence-corrected chi connectivity index (χ0v) is 25.8. The molecular formula is C31H40N8O2S. The molecule has 0 atom stereocenters. The number of carbonyl (C=O) groups excluding carboxylic acids is 2. The molecule has 1 saturated heterocycles. The van der Waals surface area contributed by atoms with Crippen molar-refractivity contribution in [2.75, 3.05) is 54.1 Å². The van der Waals surface area contributed by atoms with E-state index in [0.29, 0.717) is 35.8 Å². The number of aryl methyl sites for hydroxylation is 1. The fraction of sp³-hybridized carbons (Fsp3) is 0.323. The van der Waals surface area contributed by atoms with Gasteiger partial charge in [0.1, 0.15) is 11.8 Å². The van der Waals surface area contributed by atoms with Crippen LogP contribution in [0.3, 0.4) is 0 Å². The molecule has 1 aromatic heterocycles. The van der Waals surface area contributed by atoms with Crippen LogP contribution in [0.15, 0.2) is 60.0 Å². The normalized spacial score (nSPS) is 12.3. The summed E-state index contributed by atoms with van der Waals surface area (Å²) in [5.74, 6) is 0.565. The molecule has 2 aromatic carbocycles. The Hall–Kier alpha value is -4.40. The van der Waals surface area contributed by atoms with Gasteiger partial charge in [-0.05, 0) is 66.9 Å². The molecule has 0 radical (unpaired) electrons. The Kier molecular flexibility index (Phi) is 14.6. The number of amides is 2. The molecule has 2 amide bonds. The van der Waals surface area contributed by atoms with Gasteiger partial charge in [-0.2, -0.15) is 5.26 Å². The molecule has 10 nitrogen and oxygen atoms in total. The number of carbonyl (C=O) groups is 2. The van der Waals surface area contributed by atoms with Crippen molar-refractivity contribution in [1.82, 2.24) is 14.3 Å². The monoisotopic (exact) mass is 588 g/mol. The first kappa shape index (κ1) is 33.8. The van der Waals surface area contributed by atoms with E-state index in [0.717, 1.165) is 43.1 Å². The van der Waals surface area contributed by atoms with Gasteiger partial charge in [-0.3, -0.25) is 9.59 Å². The first-order chi connectivity index (χ1) is 20.4. The van der Waals surface area contributed by atoms with Gasteiger partial charge in [-0.15, -0.1) is 0 Å². The van der Waals surface area contributed by atoms with E-state index in [1.165, 1.54) is 4.90 Å². The third-order valence-electron chi connectivity index (χ3n) is 5.94. The number of benzene rings is 2. The Morgan fingerprint density at radius 3 is 2.33 bits per heavy atom. The van der Waals surface area contributed by atoms with Gasteiger partial charge in [0.2, 0.25) is 18.3 Å². The second kappa shape index (κ2) is 18.1. The Morgan fingerprint density at radius 1 is 1.07 bits per heavy atom. The van der Waals surface area contributed by atoms with Crippen LogP contribution in [0.4, 0.5) is 23.0 Å². The fourth-order valence-corrected chi connectivity index (χ4v) is 4.68.